The molecule has 0 atom stereocenters. The summed E-state index contributed by atoms with van der Waals surface area (Å²) in [7, 11) is 0. The first-order chi connectivity index (χ1) is 12.0. The maximum atomic E-state index is 12.2. The van der Waals surface area contributed by atoms with Crippen molar-refractivity contribution in [2.24, 2.45) is 0 Å². The van der Waals surface area contributed by atoms with Gasteiger partial charge in [-0.3, -0.25) is 4.79 Å². The number of nitrogens with zero attached hydrogens (tertiary/aromatic N) is 1. The average Bonchev–Trinajstić information content (AvgIpc) is 3.10. The summed E-state index contributed by atoms with van der Waals surface area (Å²) in [5.41, 5.74) is 5.97. The molecule has 25 heavy (non-hydrogen) atoms. The monoisotopic (exact) mass is 417 g/mol. The second-order valence-electron chi connectivity index (χ2n) is 5.50. The van der Waals surface area contributed by atoms with Crippen molar-refractivity contribution in [3.05, 3.63) is 46.4 Å². The van der Waals surface area contributed by atoms with Crippen molar-refractivity contribution in [2.75, 3.05) is 23.4 Å². The van der Waals surface area contributed by atoms with E-state index in [0.717, 1.165) is 25.2 Å². The summed E-state index contributed by atoms with van der Waals surface area (Å²) in [4.78, 5) is 11.0. The van der Waals surface area contributed by atoms with Crippen LogP contribution in [0.15, 0.2) is 36.4 Å². The van der Waals surface area contributed by atoms with E-state index in [-0.39, 0.29) is 0 Å². The lowest BCUT2D eigenvalue weighted by Crippen LogP contribution is -2.32. The fraction of sp³-hybridized carbons (Fsp3) is 0.235. The molecule has 1 fully saturated rings. The smallest absolute Gasteiger partial charge is 0.257 e. The molecule has 0 radical (unpaired) electrons. The third-order valence-corrected chi connectivity index (χ3v) is 4.90. The van der Waals surface area contributed by atoms with Crippen molar-refractivity contribution in [1.29, 1.82) is 0 Å². The fourth-order valence-electron chi connectivity index (χ4n) is 2.77. The SMILES string of the molecule is O=C(Nc1c(-c2c(Cl)cccc2Cl)cccc1N1CCCN1)C(Cl)Cl. The molecule has 0 aliphatic carbocycles. The van der Waals surface area contributed by atoms with E-state index in [0.29, 0.717) is 26.9 Å². The van der Waals surface area contributed by atoms with Crippen LogP contribution >= 0.6 is 46.4 Å². The topological polar surface area (TPSA) is 44.4 Å². The Kier molecular flexibility index (Phi) is 5.97. The third-order valence-electron chi connectivity index (χ3n) is 3.87. The minimum atomic E-state index is -1.19. The van der Waals surface area contributed by atoms with Gasteiger partial charge >= 0.3 is 0 Å². The van der Waals surface area contributed by atoms with Gasteiger partial charge < -0.3 is 10.3 Å². The molecule has 132 valence electrons. The Morgan fingerprint density at radius 1 is 1.12 bits per heavy atom. The van der Waals surface area contributed by atoms with Gasteiger partial charge in [-0.2, -0.15) is 0 Å². The molecule has 1 saturated heterocycles. The van der Waals surface area contributed by atoms with Crippen LogP contribution in [0.3, 0.4) is 0 Å². The van der Waals surface area contributed by atoms with Gasteiger partial charge in [-0.15, -0.1) is 0 Å². The number of carbonyl (C=O) groups is 1. The van der Waals surface area contributed by atoms with E-state index < -0.39 is 10.7 Å². The molecule has 0 spiro atoms. The van der Waals surface area contributed by atoms with Gasteiger partial charge in [0.1, 0.15) is 0 Å². The quantitative estimate of drug-likeness (QED) is 0.677. The highest BCUT2D eigenvalue weighted by Crippen LogP contribution is 2.43. The molecule has 2 N–H and O–H groups in total. The van der Waals surface area contributed by atoms with Crippen LogP contribution in [-0.4, -0.2) is 23.8 Å². The molecule has 0 unspecified atom stereocenters. The van der Waals surface area contributed by atoms with Gasteiger partial charge in [-0.05, 0) is 24.6 Å². The zero-order valence-electron chi connectivity index (χ0n) is 13.0. The zero-order valence-corrected chi connectivity index (χ0v) is 16.1. The molecule has 4 nitrogen and oxygen atoms in total. The number of hydrogen-bond acceptors (Lipinski definition) is 3. The van der Waals surface area contributed by atoms with Crippen molar-refractivity contribution in [1.82, 2.24) is 5.43 Å². The molecule has 0 aromatic heterocycles. The number of halogens is 4. The van der Waals surface area contributed by atoms with E-state index in [9.17, 15) is 4.79 Å². The summed E-state index contributed by atoms with van der Waals surface area (Å²) < 4.78 is 0. The standard InChI is InChI=1S/C17H15Cl4N3O/c18-11-5-2-6-12(19)14(11)10-4-1-7-13(24-9-3-8-22-24)15(10)23-17(25)16(20)21/h1-2,4-7,16,22H,3,8-9H2,(H,23,25). The molecule has 0 saturated carbocycles. The van der Waals surface area contributed by atoms with Gasteiger partial charge in [0.2, 0.25) is 0 Å². The number of carbonyl (C=O) groups excluding carboxylic acids is 1. The van der Waals surface area contributed by atoms with Crippen LogP contribution in [0.2, 0.25) is 10.0 Å². The lowest BCUT2D eigenvalue weighted by atomic mass is 10.0. The molecule has 0 bridgehead atoms. The molecule has 2 aromatic rings. The number of amides is 1. The number of hydrogen-bond donors (Lipinski definition) is 2. The first kappa shape index (κ1) is 18.6. The maximum absolute atomic E-state index is 12.2. The number of benzene rings is 2. The molecule has 1 heterocycles. The number of rotatable bonds is 4. The molecular formula is C17H15Cl4N3O. The summed E-state index contributed by atoms with van der Waals surface area (Å²) in [6.07, 6.45) is 0.998. The Morgan fingerprint density at radius 2 is 1.80 bits per heavy atom. The normalized spacial score (nSPS) is 14.2. The first-order valence-corrected chi connectivity index (χ1v) is 9.29. The van der Waals surface area contributed by atoms with Gasteiger partial charge in [0.15, 0.2) is 4.84 Å². The van der Waals surface area contributed by atoms with E-state index in [2.05, 4.69) is 10.7 Å². The van der Waals surface area contributed by atoms with Crippen molar-refractivity contribution in [3.8, 4) is 11.1 Å². The minimum Gasteiger partial charge on any atom is -0.321 e. The van der Waals surface area contributed by atoms with Crippen LogP contribution in [0, 0.1) is 0 Å². The highest BCUT2D eigenvalue weighted by Gasteiger charge is 2.23. The van der Waals surface area contributed by atoms with Crippen molar-refractivity contribution in [2.45, 2.75) is 11.3 Å². The van der Waals surface area contributed by atoms with Gasteiger partial charge in [0.25, 0.3) is 5.91 Å². The highest BCUT2D eigenvalue weighted by molar-refractivity contribution is 6.54. The van der Waals surface area contributed by atoms with Gasteiger partial charge in [0.05, 0.1) is 11.4 Å². The Hall–Kier alpha value is -1.17. The van der Waals surface area contributed by atoms with Crippen LogP contribution in [0.5, 0.6) is 0 Å². The number of anilines is 2. The van der Waals surface area contributed by atoms with Crippen LogP contribution in [0.1, 0.15) is 6.42 Å². The molecular weight excluding hydrogens is 404 g/mol. The van der Waals surface area contributed by atoms with Gasteiger partial charge in [-0.25, -0.2) is 5.43 Å². The number of nitrogens with one attached hydrogen (secondary N) is 2. The van der Waals surface area contributed by atoms with Crippen LogP contribution in [0.25, 0.3) is 11.1 Å². The Balaban J connectivity index is 2.17. The van der Waals surface area contributed by atoms with Crippen molar-refractivity contribution >= 4 is 63.7 Å². The van der Waals surface area contributed by atoms with Crippen LogP contribution in [0.4, 0.5) is 11.4 Å². The lowest BCUT2D eigenvalue weighted by molar-refractivity contribution is -0.114. The van der Waals surface area contributed by atoms with Crippen molar-refractivity contribution < 1.29 is 4.79 Å². The predicted octanol–water partition coefficient (Wildman–Crippen LogP) is 5.12. The maximum Gasteiger partial charge on any atom is 0.257 e. The zero-order chi connectivity index (χ0) is 18.0. The minimum absolute atomic E-state index is 0.489. The van der Waals surface area contributed by atoms with Gasteiger partial charge in [0, 0.05) is 34.3 Å². The fourth-order valence-corrected chi connectivity index (χ4v) is 3.48. The van der Waals surface area contributed by atoms with E-state index in [4.69, 9.17) is 46.4 Å². The first-order valence-electron chi connectivity index (χ1n) is 7.66. The molecule has 3 rings (SSSR count). The molecule has 8 heteroatoms. The average molecular weight is 419 g/mol. The second-order valence-corrected chi connectivity index (χ2v) is 7.41. The van der Waals surface area contributed by atoms with E-state index >= 15 is 0 Å². The molecule has 2 aromatic carbocycles. The molecule has 1 aliphatic heterocycles. The van der Waals surface area contributed by atoms with Gasteiger partial charge in [-0.1, -0.05) is 64.6 Å². The molecule has 1 aliphatic rings. The Bertz CT molecular complexity index is 771. The molecule has 1 amide bonds. The highest BCUT2D eigenvalue weighted by atomic mass is 35.5. The Labute approximate surface area is 166 Å². The van der Waals surface area contributed by atoms with Crippen molar-refractivity contribution in [3.63, 3.8) is 0 Å². The summed E-state index contributed by atoms with van der Waals surface area (Å²) in [6, 6.07) is 10.9. The van der Waals surface area contributed by atoms with E-state index in [1.807, 2.05) is 23.2 Å². The number of alkyl halides is 2. The van der Waals surface area contributed by atoms with E-state index in [1.54, 1.807) is 18.2 Å². The largest absolute Gasteiger partial charge is 0.321 e. The number of para-hydroxylation sites is 1. The van der Waals surface area contributed by atoms with Crippen LogP contribution < -0.4 is 15.8 Å². The summed E-state index contributed by atoms with van der Waals surface area (Å²) in [5, 5.41) is 5.76. The van der Waals surface area contributed by atoms with E-state index in [1.165, 1.54) is 0 Å². The summed E-state index contributed by atoms with van der Waals surface area (Å²) >= 11 is 24.2. The third kappa shape index (κ3) is 3.99. The summed E-state index contributed by atoms with van der Waals surface area (Å²) in [6.45, 7) is 1.67. The second kappa shape index (κ2) is 8.02. The van der Waals surface area contributed by atoms with Crippen LogP contribution in [-0.2, 0) is 4.79 Å². The Morgan fingerprint density at radius 3 is 2.40 bits per heavy atom. The lowest BCUT2D eigenvalue weighted by Gasteiger charge is -2.24. The number of hydrazine groups is 1. The summed E-state index contributed by atoms with van der Waals surface area (Å²) in [5.74, 6) is -0.514. The predicted molar refractivity (Wildman–Crippen MR) is 106 cm³/mol.